The van der Waals surface area contributed by atoms with E-state index in [9.17, 15) is 23.3 Å². The van der Waals surface area contributed by atoms with E-state index in [4.69, 9.17) is 0 Å². The molecule has 0 aliphatic rings. The molecule has 0 aliphatic carbocycles. The van der Waals surface area contributed by atoms with Crippen LogP contribution in [0.1, 0.15) is 6.92 Å². The fraction of sp³-hybridized carbons (Fsp3) is 0.105. The molecule has 0 unspecified atom stereocenters. The second kappa shape index (κ2) is 7.16. The maximum Gasteiger partial charge on any atom is 0.269 e. The summed E-state index contributed by atoms with van der Waals surface area (Å²) >= 11 is 0. The van der Waals surface area contributed by atoms with Gasteiger partial charge >= 0.3 is 0 Å². The number of amides is 1. The lowest BCUT2D eigenvalue weighted by Gasteiger charge is -2.14. The van der Waals surface area contributed by atoms with Crippen molar-refractivity contribution in [1.82, 2.24) is 0 Å². The number of hydrogen-bond donors (Lipinski definition) is 1. The van der Waals surface area contributed by atoms with Crippen LogP contribution in [0, 0.1) is 10.1 Å². The van der Waals surface area contributed by atoms with E-state index in [-0.39, 0.29) is 10.6 Å². The highest BCUT2D eigenvalue weighted by Crippen LogP contribution is 2.22. The fourth-order valence-corrected chi connectivity index (χ4v) is 3.88. The third-order valence-corrected chi connectivity index (χ3v) is 6.30. The highest BCUT2D eigenvalue weighted by Gasteiger charge is 2.30. The Morgan fingerprint density at radius 2 is 1.63 bits per heavy atom. The number of nitrogens with one attached hydrogen (secondary N) is 1. The number of nitrogens with zero attached hydrogens (tertiary/aromatic N) is 1. The second-order valence-electron chi connectivity index (χ2n) is 5.99. The summed E-state index contributed by atoms with van der Waals surface area (Å²) in [5.41, 5.74) is 0.270. The smallest absolute Gasteiger partial charge is 0.269 e. The number of fused-ring (bicyclic) bond motifs is 1. The van der Waals surface area contributed by atoms with E-state index >= 15 is 0 Å². The van der Waals surface area contributed by atoms with E-state index in [1.807, 2.05) is 30.3 Å². The van der Waals surface area contributed by atoms with Gasteiger partial charge in [-0.2, -0.15) is 0 Å². The molecule has 0 saturated carbocycles. The molecule has 7 nitrogen and oxygen atoms in total. The molecule has 8 heteroatoms. The lowest BCUT2D eigenvalue weighted by molar-refractivity contribution is -0.384. The van der Waals surface area contributed by atoms with Gasteiger partial charge in [0.1, 0.15) is 5.25 Å². The summed E-state index contributed by atoms with van der Waals surface area (Å²) in [6, 6.07) is 17.4. The molecule has 0 spiro atoms. The van der Waals surface area contributed by atoms with Crippen molar-refractivity contribution < 1.29 is 18.1 Å². The topological polar surface area (TPSA) is 106 Å². The first-order chi connectivity index (χ1) is 12.8. The molecule has 0 bridgehead atoms. The van der Waals surface area contributed by atoms with Crippen molar-refractivity contribution >= 4 is 37.9 Å². The van der Waals surface area contributed by atoms with Crippen molar-refractivity contribution in [3.05, 3.63) is 76.8 Å². The van der Waals surface area contributed by atoms with Crippen molar-refractivity contribution in [3.8, 4) is 0 Å². The number of benzene rings is 3. The molecule has 27 heavy (non-hydrogen) atoms. The normalized spacial score (nSPS) is 12.5. The zero-order valence-electron chi connectivity index (χ0n) is 14.3. The molecule has 3 aromatic carbocycles. The summed E-state index contributed by atoms with van der Waals surface area (Å²) in [5, 5.41) is 13.9. The number of rotatable bonds is 5. The Labute approximate surface area is 155 Å². The molecule has 138 valence electrons. The van der Waals surface area contributed by atoms with Crippen LogP contribution in [0.15, 0.2) is 71.6 Å². The van der Waals surface area contributed by atoms with Crippen LogP contribution in [0.3, 0.4) is 0 Å². The van der Waals surface area contributed by atoms with Gasteiger partial charge in [0.25, 0.3) is 5.69 Å². The first kappa shape index (κ1) is 18.5. The van der Waals surface area contributed by atoms with Gasteiger partial charge in [-0.3, -0.25) is 14.9 Å². The average molecular weight is 384 g/mol. The van der Waals surface area contributed by atoms with E-state index in [0.29, 0.717) is 5.69 Å². The number of hydrogen-bond acceptors (Lipinski definition) is 5. The second-order valence-corrected chi connectivity index (χ2v) is 8.26. The van der Waals surface area contributed by atoms with Gasteiger partial charge in [-0.1, -0.05) is 30.3 Å². The van der Waals surface area contributed by atoms with Crippen molar-refractivity contribution in [2.75, 3.05) is 5.32 Å². The van der Waals surface area contributed by atoms with Crippen molar-refractivity contribution in [2.24, 2.45) is 0 Å². The first-order valence-electron chi connectivity index (χ1n) is 8.07. The van der Waals surface area contributed by atoms with Crippen LogP contribution >= 0.6 is 0 Å². The number of nitro benzene ring substituents is 1. The molecule has 3 aromatic rings. The first-order valence-corrected chi connectivity index (χ1v) is 9.62. The lowest BCUT2D eigenvalue weighted by Crippen LogP contribution is -2.32. The maximum absolute atomic E-state index is 12.6. The Kier molecular flexibility index (Phi) is 4.91. The van der Waals surface area contributed by atoms with Gasteiger partial charge in [0.05, 0.1) is 9.82 Å². The van der Waals surface area contributed by atoms with Crippen LogP contribution in [-0.4, -0.2) is 24.5 Å². The molecule has 3 rings (SSSR count). The quantitative estimate of drug-likeness (QED) is 0.535. The summed E-state index contributed by atoms with van der Waals surface area (Å²) in [6.07, 6.45) is 0. The SMILES string of the molecule is C[C@@H](C(=O)Nc1ccc2ccccc2c1)S(=O)(=O)c1ccc([N+](=O)[O-])cc1. The lowest BCUT2D eigenvalue weighted by atomic mass is 10.1. The summed E-state index contributed by atoms with van der Waals surface area (Å²) in [7, 11) is -3.98. The minimum absolute atomic E-state index is 0.144. The Morgan fingerprint density at radius 1 is 1.00 bits per heavy atom. The van der Waals surface area contributed by atoms with Gasteiger partial charge in [0.2, 0.25) is 5.91 Å². The zero-order valence-corrected chi connectivity index (χ0v) is 15.1. The summed E-state index contributed by atoms with van der Waals surface area (Å²) in [5.74, 6) is -0.677. The van der Waals surface area contributed by atoms with Crippen LogP contribution in [0.25, 0.3) is 10.8 Å². The number of sulfone groups is 1. The number of nitro groups is 1. The number of carbonyl (C=O) groups is 1. The van der Waals surface area contributed by atoms with Crippen LogP contribution in [-0.2, 0) is 14.6 Å². The van der Waals surface area contributed by atoms with Gasteiger partial charge in [-0.25, -0.2) is 8.42 Å². The summed E-state index contributed by atoms with van der Waals surface area (Å²) in [4.78, 5) is 22.4. The van der Waals surface area contributed by atoms with Gasteiger partial charge in [-0.05, 0) is 42.0 Å². The third-order valence-electron chi connectivity index (χ3n) is 4.23. The van der Waals surface area contributed by atoms with Crippen LogP contribution < -0.4 is 5.32 Å². The Bertz CT molecular complexity index is 1120. The third kappa shape index (κ3) is 3.80. The van der Waals surface area contributed by atoms with Crippen molar-refractivity contribution in [1.29, 1.82) is 0 Å². The van der Waals surface area contributed by atoms with Crippen LogP contribution in [0.5, 0.6) is 0 Å². The number of anilines is 1. The number of non-ortho nitro benzene ring substituents is 1. The molecule has 0 heterocycles. The fourth-order valence-electron chi connectivity index (χ4n) is 2.61. The molecular weight excluding hydrogens is 368 g/mol. The minimum Gasteiger partial charge on any atom is -0.325 e. The van der Waals surface area contributed by atoms with E-state index in [1.54, 1.807) is 12.1 Å². The minimum atomic E-state index is -3.98. The molecule has 0 aromatic heterocycles. The average Bonchev–Trinajstić information content (AvgIpc) is 2.67. The molecule has 0 aliphatic heterocycles. The predicted octanol–water partition coefficient (Wildman–Crippen LogP) is 3.55. The van der Waals surface area contributed by atoms with Gasteiger partial charge in [0, 0.05) is 17.8 Å². The largest absolute Gasteiger partial charge is 0.325 e. The molecule has 1 N–H and O–H groups in total. The van der Waals surface area contributed by atoms with Crippen LogP contribution in [0.2, 0.25) is 0 Å². The molecule has 0 fully saturated rings. The van der Waals surface area contributed by atoms with Gasteiger partial charge < -0.3 is 5.32 Å². The standard InChI is InChI=1S/C19H16N2O5S/c1-13(27(25,26)18-10-8-17(9-11-18)21(23)24)19(22)20-16-7-6-14-4-2-3-5-15(14)12-16/h2-13H,1H3,(H,20,22)/t13-/m0/s1. The van der Waals surface area contributed by atoms with E-state index in [2.05, 4.69) is 5.32 Å². The predicted molar refractivity (Wildman–Crippen MR) is 102 cm³/mol. The Hall–Kier alpha value is -3.26. The molecule has 0 saturated heterocycles. The molecule has 1 atom stereocenters. The highest BCUT2D eigenvalue weighted by atomic mass is 32.2. The Balaban J connectivity index is 1.81. The molecule has 1 amide bonds. The number of carbonyl (C=O) groups excluding carboxylic acids is 1. The summed E-state index contributed by atoms with van der Waals surface area (Å²) in [6.45, 7) is 1.28. The maximum atomic E-state index is 12.6. The van der Waals surface area contributed by atoms with E-state index in [0.717, 1.165) is 35.0 Å². The molecule has 0 radical (unpaired) electrons. The van der Waals surface area contributed by atoms with Crippen molar-refractivity contribution in [3.63, 3.8) is 0 Å². The van der Waals surface area contributed by atoms with E-state index < -0.39 is 25.9 Å². The Morgan fingerprint density at radius 3 is 2.26 bits per heavy atom. The van der Waals surface area contributed by atoms with Gasteiger partial charge in [-0.15, -0.1) is 0 Å². The van der Waals surface area contributed by atoms with Crippen molar-refractivity contribution in [2.45, 2.75) is 17.1 Å². The zero-order chi connectivity index (χ0) is 19.6. The van der Waals surface area contributed by atoms with Crippen LogP contribution in [0.4, 0.5) is 11.4 Å². The highest BCUT2D eigenvalue weighted by molar-refractivity contribution is 7.92. The van der Waals surface area contributed by atoms with E-state index in [1.165, 1.54) is 6.92 Å². The van der Waals surface area contributed by atoms with Gasteiger partial charge in [0.15, 0.2) is 9.84 Å². The molecular formula is C19H16N2O5S. The summed E-state index contributed by atoms with van der Waals surface area (Å²) < 4.78 is 25.3. The monoisotopic (exact) mass is 384 g/mol.